The lowest BCUT2D eigenvalue weighted by Crippen LogP contribution is -2.45. The van der Waals surface area contributed by atoms with Gasteiger partial charge >= 0.3 is 0 Å². The second-order valence-electron chi connectivity index (χ2n) is 4.60. The Labute approximate surface area is 98.1 Å². The first-order valence-corrected chi connectivity index (χ1v) is 6.27. The Balaban J connectivity index is 2.17. The molecule has 1 amide bonds. The molecule has 0 bridgehead atoms. The minimum Gasteiger partial charge on any atom is -0.376 e. The van der Waals surface area contributed by atoms with Crippen LogP contribution < -0.4 is 10.6 Å². The van der Waals surface area contributed by atoms with E-state index in [9.17, 15) is 4.79 Å². The Kier molecular flexibility index (Phi) is 5.77. The predicted octanol–water partition coefficient (Wildman–Crippen LogP) is 1.06. The first-order valence-electron chi connectivity index (χ1n) is 6.27. The highest BCUT2D eigenvalue weighted by atomic mass is 16.5. The van der Waals surface area contributed by atoms with Crippen molar-refractivity contribution in [1.29, 1.82) is 0 Å². The second-order valence-corrected chi connectivity index (χ2v) is 4.60. The number of hydrogen-bond acceptors (Lipinski definition) is 3. The molecule has 1 fully saturated rings. The fourth-order valence-electron chi connectivity index (χ4n) is 1.81. The van der Waals surface area contributed by atoms with Crippen molar-refractivity contribution in [2.75, 3.05) is 13.2 Å². The van der Waals surface area contributed by atoms with Gasteiger partial charge in [-0.3, -0.25) is 4.79 Å². The smallest absolute Gasteiger partial charge is 0.234 e. The molecule has 1 aliphatic heterocycles. The third-order valence-electron chi connectivity index (χ3n) is 3.13. The Morgan fingerprint density at radius 1 is 1.50 bits per heavy atom. The van der Waals surface area contributed by atoms with Crippen LogP contribution in [0.1, 0.15) is 40.0 Å². The van der Waals surface area contributed by atoms with E-state index < -0.39 is 0 Å². The minimum atomic E-state index is 0.0586. The highest BCUT2D eigenvalue weighted by Gasteiger charge is 2.23. The van der Waals surface area contributed by atoms with E-state index in [4.69, 9.17) is 4.74 Å². The maximum Gasteiger partial charge on any atom is 0.234 e. The lowest BCUT2D eigenvalue weighted by molar-refractivity contribution is -0.121. The van der Waals surface area contributed by atoms with Gasteiger partial charge in [0.25, 0.3) is 0 Å². The van der Waals surface area contributed by atoms with Crippen molar-refractivity contribution in [1.82, 2.24) is 10.6 Å². The second kappa shape index (κ2) is 6.86. The van der Waals surface area contributed by atoms with Gasteiger partial charge in [0, 0.05) is 12.6 Å². The Morgan fingerprint density at radius 2 is 2.25 bits per heavy atom. The third kappa shape index (κ3) is 4.49. The first-order chi connectivity index (χ1) is 7.63. The Hall–Kier alpha value is -0.610. The number of ether oxygens (including phenoxy) is 1. The van der Waals surface area contributed by atoms with E-state index in [0.717, 1.165) is 25.9 Å². The van der Waals surface area contributed by atoms with Crippen LogP contribution in [0.4, 0.5) is 0 Å². The topological polar surface area (TPSA) is 50.4 Å². The Morgan fingerprint density at radius 3 is 2.81 bits per heavy atom. The SMILES string of the molecule is CCC(C)NCC(=O)NC(C)C1CCCO1. The van der Waals surface area contributed by atoms with E-state index in [0.29, 0.717) is 12.6 Å². The standard InChI is InChI=1S/C12H24N2O2/c1-4-9(2)13-8-12(15)14-10(3)11-6-5-7-16-11/h9-11,13H,4-8H2,1-3H3,(H,14,15). The molecule has 0 aromatic carbocycles. The summed E-state index contributed by atoms with van der Waals surface area (Å²) >= 11 is 0. The summed E-state index contributed by atoms with van der Waals surface area (Å²) in [5.41, 5.74) is 0. The zero-order valence-electron chi connectivity index (χ0n) is 10.6. The van der Waals surface area contributed by atoms with Crippen LogP contribution in [-0.2, 0) is 9.53 Å². The first kappa shape index (κ1) is 13.5. The van der Waals surface area contributed by atoms with Gasteiger partial charge in [-0.2, -0.15) is 0 Å². The summed E-state index contributed by atoms with van der Waals surface area (Å²) < 4.78 is 5.53. The molecule has 4 nitrogen and oxygen atoms in total. The number of nitrogens with one attached hydrogen (secondary N) is 2. The van der Waals surface area contributed by atoms with Crippen molar-refractivity contribution in [3.05, 3.63) is 0 Å². The molecule has 1 heterocycles. The molecule has 0 aliphatic carbocycles. The maximum absolute atomic E-state index is 11.6. The molecule has 1 aliphatic rings. The normalized spacial score (nSPS) is 24.1. The molecule has 0 saturated carbocycles. The van der Waals surface area contributed by atoms with Crippen molar-refractivity contribution in [2.45, 2.75) is 58.2 Å². The zero-order chi connectivity index (χ0) is 12.0. The van der Waals surface area contributed by atoms with Crippen LogP contribution in [0.2, 0.25) is 0 Å². The predicted molar refractivity (Wildman–Crippen MR) is 64.3 cm³/mol. The molecule has 0 aromatic heterocycles. The number of carbonyl (C=O) groups is 1. The number of hydrogen-bond donors (Lipinski definition) is 2. The third-order valence-corrected chi connectivity index (χ3v) is 3.13. The van der Waals surface area contributed by atoms with Gasteiger partial charge in [-0.1, -0.05) is 6.92 Å². The molecule has 4 heteroatoms. The summed E-state index contributed by atoms with van der Waals surface area (Å²) in [5.74, 6) is 0.0586. The van der Waals surface area contributed by atoms with Crippen molar-refractivity contribution >= 4 is 5.91 Å². The van der Waals surface area contributed by atoms with Crippen LogP contribution in [0.3, 0.4) is 0 Å². The number of rotatable bonds is 6. The largest absolute Gasteiger partial charge is 0.376 e. The average Bonchev–Trinajstić information content (AvgIpc) is 2.79. The molecular formula is C12H24N2O2. The minimum absolute atomic E-state index is 0.0586. The molecule has 0 aromatic rings. The highest BCUT2D eigenvalue weighted by molar-refractivity contribution is 5.78. The summed E-state index contributed by atoms with van der Waals surface area (Å²) in [6.45, 7) is 7.42. The number of carbonyl (C=O) groups excluding carboxylic acids is 1. The lowest BCUT2D eigenvalue weighted by Gasteiger charge is -2.20. The van der Waals surface area contributed by atoms with Gasteiger partial charge in [-0.05, 0) is 33.1 Å². The summed E-state index contributed by atoms with van der Waals surface area (Å²) in [7, 11) is 0. The molecule has 94 valence electrons. The lowest BCUT2D eigenvalue weighted by atomic mass is 10.1. The van der Waals surface area contributed by atoms with E-state index >= 15 is 0 Å². The van der Waals surface area contributed by atoms with Crippen molar-refractivity contribution in [2.24, 2.45) is 0 Å². The van der Waals surface area contributed by atoms with E-state index in [1.807, 2.05) is 6.92 Å². The van der Waals surface area contributed by atoms with Crippen LogP contribution in [0, 0.1) is 0 Å². The molecule has 16 heavy (non-hydrogen) atoms. The molecule has 3 atom stereocenters. The van der Waals surface area contributed by atoms with Crippen LogP contribution >= 0.6 is 0 Å². The molecule has 1 saturated heterocycles. The molecule has 0 radical (unpaired) electrons. The summed E-state index contributed by atoms with van der Waals surface area (Å²) in [6, 6.07) is 0.512. The van der Waals surface area contributed by atoms with Gasteiger partial charge in [0.2, 0.25) is 5.91 Å². The van der Waals surface area contributed by atoms with E-state index in [1.54, 1.807) is 0 Å². The van der Waals surface area contributed by atoms with E-state index in [2.05, 4.69) is 24.5 Å². The van der Waals surface area contributed by atoms with Crippen LogP contribution in [-0.4, -0.2) is 37.2 Å². The molecule has 1 rings (SSSR count). The van der Waals surface area contributed by atoms with E-state index in [-0.39, 0.29) is 18.1 Å². The summed E-state index contributed by atoms with van der Waals surface area (Å²) in [6.07, 6.45) is 3.40. The monoisotopic (exact) mass is 228 g/mol. The fourth-order valence-corrected chi connectivity index (χ4v) is 1.81. The van der Waals surface area contributed by atoms with Gasteiger partial charge in [0.05, 0.1) is 18.7 Å². The zero-order valence-corrected chi connectivity index (χ0v) is 10.6. The van der Waals surface area contributed by atoms with Crippen LogP contribution in [0.25, 0.3) is 0 Å². The van der Waals surface area contributed by atoms with Crippen LogP contribution in [0.5, 0.6) is 0 Å². The fraction of sp³-hybridized carbons (Fsp3) is 0.917. The van der Waals surface area contributed by atoms with Gasteiger partial charge in [-0.25, -0.2) is 0 Å². The molecule has 3 unspecified atom stereocenters. The highest BCUT2D eigenvalue weighted by Crippen LogP contribution is 2.15. The van der Waals surface area contributed by atoms with E-state index in [1.165, 1.54) is 0 Å². The Bertz CT molecular complexity index is 215. The van der Waals surface area contributed by atoms with Gasteiger partial charge < -0.3 is 15.4 Å². The number of amides is 1. The summed E-state index contributed by atoms with van der Waals surface area (Å²) in [5, 5.41) is 6.15. The van der Waals surface area contributed by atoms with Gasteiger partial charge in [0.1, 0.15) is 0 Å². The van der Waals surface area contributed by atoms with Crippen molar-refractivity contribution in [3.8, 4) is 0 Å². The maximum atomic E-state index is 11.6. The van der Waals surface area contributed by atoms with Gasteiger partial charge in [-0.15, -0.1) is 0 Å². The molecule has 2 N–H and O–H groups in total. The van der Waals surface area contributed by atoms with Crippen LogP contribution in [0.15, 0.2) is 0 Å². The quantitative estimate of drug-likeness (QED) is 0.714. The molecule has 0 spiro atoms. The van der Waals surface area contributed by atoms with Gasteiger partial charge in [0.15, 0.2) is 0 Å². The van der Waals surface area contributed by atoms with Crippen molar-refractivity contribution < 1.29 is 9.53 Å². The van der Waals surface area contributed by atoms with Crippen molar-refractivity contribution in [3.63, 3.8) is 0 Å². The molecular weight excluding hydrogens is 204 g/mol. The summed E-state index contributed by atoms with van der Waals surface area (Å²) in [4.78, 5) is 11.6. The average molecular weight is 228 g/mol.